The largest absolute Gasteiger partial charge is 0.363 e. The highest BCUT2D eigenvalue weighted by atomic mass is 16.2. The number of carbonyl (C=O) groups excluding carboxylic acids is 3. The molecule has 24 heavy (non-hydrogen) atoms. The smallest absolute Gasteiger partial charge is 0.244 e. The predicted octanol–water partition coefficient (Wildman–Crippen LogP) is 1.26. The molecular formula is C17H22N4O3. The number of aromatic nitrogens is 1. The lowest BCUT2D eigenvalue weighted by Crippen LogP contribution is -2.38. The first kappa shape index (κ1) is 16.4. The van der Waals surface area contributed by atoms with E-state index in [1.54, 1.807) is 18.3 Å². The van der Waals surface area contributed by atoms with Gasteiger partial charge in [0.2, 0.25) is 17.7 Å². The highest BCUT2D eigenvalue weighted by Gasteiger charge is 2.48. The van der Waals surface area contributed by atoms with Gasteiger partial charge < -0.3 is 10.2 Å². The van der Waals surface area contributed by atoms with Crippen LogP contribution in [0.3, 0.4) is 0 Å². The van der Waals surface area contributed by atoms with Crippen molar-refractivity contribution in [3.8, 4) is 0 Å². The normalized spacial score (nSPS) is 23.2. The second-order valence-electron chi connectivity index (χ2n) is 6.61. The maximum Gasteiger partial charge on any atom is 0.244 e. The number of likely N-dealkylation sites (tertiary alicyclic amines) is 1. The molecule has 0 bridgehead atoms. The SMILES string of the molecule is CN(C)c1ccc(NC(=O)CN2C(=O)[C@H]3CCCC[C@H]3C2=O)cn1. The maximum atomic E-state index is 12.4. The molecular weight excluding hydrogens is 308 g/mol. The lowest BCUT2D eigenvalue weighted by atomic mass is 9.81. The minimum Gasteiger partial charge on any atom is -0.363 e. The fraction of sp³-hybridized carbons (Fsp3) is 0.529. The van der Waals surface area contributed by atoms with Gasteiger partial charge in [0.1, 0.15) is 12.4 Å². The molecule has 2 aliphatic rings. The molecule has 0 radical (unpaired) electrons. The number of amides is 3. The third-order valence-electron chi connectivity index (χ3n) is 4.72. The van der Waals surface area contributed by atoms with Gasteiger partial charge in [-0.05, 0) is 25.0 Å². The first-order chi connectivity index (χ1) is 11.5. The topological polar surface area (TPSA) is 82.6 Å². The Morgan fingerprint density at radius 3 is 2.33 bits per heavy atom. The Kier molecular flexibility index (Phi) is 4.51. The molecule has 0 unspecified atom stereocenters. The summed E-state index contributed by atoms with van der Waals surface area (Å²) in [6.07, 6.45) is 5.02. The van der Waals surface area contributed by atoms with Crippen molar-refractivity contribution in [2.45, 2.75) is 25.7 Å². The van der Waals surface area contributed by atoms with Gasteiger partial charge in [-0.2, -0.15) is 0 Å². The van der Waals surface area contributed by atoms with Crippen LogP contribution in [0.1, 0.15) is 25.7 Å². The summed E-state index contributed by atoms with van der Waals surface area (Å²) < 4.78 is 0. The van der Waals surface area contributed by atoms with Crippen LogP contribution in [0.25, 0.3) is 0 Å². The quantitative estimate of drug-likeness (QED) is 0.841. The average Bonchev–Trinajstić information content (AvgIpc) is 2.81. The monoisotopic (exact) mass is 330 g/mol. The lowest BCUT2D eigenvalue weighted by molar-refractivity contribution is -0.142. The molecule has 3 rings (SSSR count). The van der Waals surface area contributed by atoms with Gasteiger partial charge >= 0.3 is 0 Å². The van der Waals surface area contributed by atoms with E-state index in [0.29, 0.717) is 5.69 Å². The van der Waals surface area contributed by atoms with E-state index >= 15 is 0 Å². The Morgan fingerprint density at radius 2 is 1.83 bits per heavy atom. The summed E-state index contributed by atoms with van der Waals surface area (Å²) in [7, 11) is 3.76. The summed E-state index contributed by atoms with van der Waals surface area (Å²) in [5.74, 6) is -0.432. The molecule has 2 atom stereocenters. The molecule has 3 amide bonds. The van der Waals surface area contributed by atoms with Gasteiger partial charge in [0, 0.05) is 14.1 Å². The first-order valence-corrected chi connectivity index (χ1v) is 8.26. The third-order valence-corrected chi connectivity index (χ3v) is 4.72. The van der Waals surface area contributed by atoms with Crippen LogP contribution in [-0.4, -0.2) is 48.2 Å². The van der Waals surface area contributed by atoms with E-state index in [9.17, 15) is 14.4 Å². The molecule has 7 heteroatoms. The van der Waals surface area contributed by atoms with Crippen LogP contribution in [-0.2, 0) is 14.4 Å². The molecule has 0 aromatic carbocycles. The summed E-state index contributed by atoms with van der Waals surface area (Å²) in [5.41, 5.74) is 0.544. The third kappa shape index (κ3) is 3.11. The van der Waals surface area contributed by atoms with E-state index in [4.69, 9.17) is 0 Å². The first-order valence-electron chi connectivity index (χ1n) is 8.26. The number of pyridine rings is 1. The zero-order valence-corrected chi connectivity index (χ0v) is 14.0. The lowest BCUT2D eigenvalue weighted by Gasteiger charge is -2.19. The van der Waals surface area contributed by atoms with E-state index in [1.807, 2.05) is 19.0 Å². The van der Waals surface area contributed by atoms with Gasteiger partial charge in [0.05, 0.1) is 23.7 Å². The molecule has 7 nitrogen and oxygen atoms in total. The number of hydrogen-bond acceptors (Lipinski definition) is 5. The van der Waals surface area contributed by atoms with Crippen molar-refractivity contribution in [2.75, 3.05) is 30.9 Å². The van der Waals surface area contributed by atoms with Gasteiger partial charge in [-0.1, -0.05) is 12.8 Å². The van der Waals surface area contributed by atoms with Crippen molar-refractivity contribution in [2.24, 2.45) is 11.8 Å². The summed E-state index contributed by atoms with van der Waals surface area (Å²) in [5, 5.41) is 2.69. The summed E-state index contributed by atoms with van der Waals surface area (Å²) in [6.45, 7) is -0.222. The minimum atomic E-state index is -0.380. The number of nitrogens with one attached hydrogen (secondary N) is 1. The molecule has 128 valence electrons. The van der Waals surface area contributed by atoms with Crippen molar-refractivity contribution in [1.29, 1.82) is 0 Å². The van der Waals surface area contributed by atoms with Crippen LogP contribution >= 0.6 is 0 Å². The molecule has 2 fully saturated rings. The van der Waals surface area contributed by atoms with E-state index in [1.165, 1.54) is 0 Å². The van der Waals surface area contributed by atoms with Crippen molar-refractivity contribution in [1.82, 2.24) is 9.88 Å². The summed E-state index contributed by atoms with van der Waals surface area (Å²) in [6, 6.07) is 3.53. The van der Waals surface area contributed by atoms with Crippen molar-refractivity contribution >= 4 is 29.2 Å². The molecule has 1 saturated carbocycles. The van der Waals surface area contributed by atoms with Gasteiger partial charge in [-0.3, -0.25) is 19.3 Å². The number of hydrogen-bond donors (Lipinski definition) is 1. The minimum absolute atomic E-state index is 0.194. The predicted molar refractivity (Wildman–Crippen MR) is 89.4 cm³/mol. The number of fused-ring (bicyclic) bond motifs is 1. The molecule has 1 N–H and O–H groups in total. The highest BCUT2D eigenvalue weighted by Crippen LogP contribution is 2.37. The zero-order chi connectivity index (χ0) is 17.3. The summed E-state index contributed by atoms with van der Waals surface area (Å²) in [4.78, 5) is 44.1. The van der Waals surface area contributed by atoms with Gasteiger partial charge in [-0.15, -0.1) is 0 Å². The van der Waals surface area contributed by atoms with Crippen LogP contribution < -0.4 is 10.2 Å². The fourth-order valence-electron chi connectivity index (χ4n) is 3.46. The molecule has 2 heterocycles. The van der Waals surface area contributed by atoms with Crippen LogP contribution in [0.4, 0.5) is 11.5 Å². The Hall–Kier alpha value is -2.44. The standard InChI is InChI=1S/C17H22N4O3/c1-20(2)14-8-7-11(9-18-14)19-15(22)10-21-16(23)12-5-3-4-6-13(12)17(21)24/h7-9,12-13H,3-6,10H2,1-2H3,(H,19,22)/t12-,13+. The van der Waals surface area contributed by atoms with Crippen LogP contribution in [0, 0.1) is 11.8 Å². The number of anilines is 2. The van der Waals surface area contributed by atoms with Gasteiger partial charge in [0.15, 0.2) is 0 Å². The van der Waals surface area contributed by atoms with Crippen LogP contribution in [0.5, 0.6) is 0 Å². The zero-order valence-electron chi connectivity index (χ0n) is 14.0. The Morgan fingerprint density at radius 1 is 1.21 bits per heavy atom. The van der Waals surface area contributed by atoms with Gasteiger partial charge in [-0.25, -0.2) is 4.98 Å². The summed E-state index contributed by atoms with van der Waals surface area (Å²) >= 11 is 0. The van der Waals surface area contributed by atoms with E-state index in [-0.39, 0.29) is 36.1 Å². The van der Waals surface area contributed by atoms with E-state index in [2.05, 4.69) is 10.3 Å². The second kappa shape index (κ2) is 6.59. The fourth-order valence-corrected chi connectivity index (χ4v) is 3.46. The van der Waals surface area contributed by atoms with Gasteiger partial charge in [0.25, 0.3) is 0 Å². The maximum absolute atomic E-state index is 12.4. The van der Waals surface area contributed by atoms with Crippen molar-refractivity contribution in [3.63, 3.8) is 0 Å². The molecule has 0 spiro atoms. The molecule has 1 aliphatic carbocycles. The Labute approximate surface area is 141 Å². The number of carbonyl (C=O) groups is 3. The molecule has 1 aromatic rings. The number of rotatable bonds is 4. The van der Waals surface area contributed by atoms with Crippen molar-refractivity contribution in [3.05, 3.63) is 18.3 Å². The van der Waals surface area contributed by atoms with Crippen molar-refractivity contribution < 1.29 is 14.4 Å². The number of imide groups is 1. The molecule has 1 aliphatic heterocycles. The Bertz CT molecular complexity index is 632. The van der Waals surface area contributed by atoms with Crippen LogP contribution in [0.2, 0.25) is 0 Å². The average molecular weight is 330 g/mol. The Balaban J connectivity index is 1.62. The second-order valence-corrected chi connectivity index (χ2v) is 6.61. The van der Waals surface area contributed by atoms with E-state index < -0.39 is 0 Å². The molecule has 1 aromatic heterocycles. The van der Waals surface area contributed by atoms with Crippen LogP contribution in [0.15, 0.2) is 18.3 Å². The van der Waals surface area contributed by atoms with E-state index in [0.717, 1.165) is 36.4 Å². The molecule has 1 saturated heterocycles. The highest BCUT2D eigenvalue weighted by molar-refractivity contribution is 6.08. The number of nitrogens with zero attached hydrogens (tertiary/aromatic N) is 3.